The minimum Gasteiger partial charge on any atom is -0.432 e. The molecule has 0 saturated heterocycles. The molecule has 1 amide bonds. The Kier molecular flexibility index (Phi) is 9.55. The molecule has 0 bridgehead atoms. The molecule has 1 aromatic heterocycles. The van der Waals surface area contributed by atoms with Gasteiger partial charge in [0, 0.05) is 10.3 Å². The van der Waals surface area contributed by atoms with E-state index in [0.29, 0.717) is 4.70 Å². The average Bonchev–Trinajstić information content (AvgIpc) is 3.16. The van der Waals surface area contributed by atoms with Crippen LogP contribution in [0.25, 0.3) is 10.1 Å². The van der Waals surface area contributed by atoms with Gasteiger partial charge in [-0.3, -0.25) is 18.4 Å². The zero-order valence-electron chi connectivity index (χ0n) is 19.1. The van der Waals surface area contributed by atoms with E-state index >= 15 is 8.78 Å². The number of carbonyl (C=O) groups is 3. The fraction of sp³-hybridized carbons (Fsp3) is 0.450. The van der Waals surface area contributed by atoms with Crippen LogP contribution in [0.3, 0.4) is 0 Å². The highest BCUT2D eigenvalue weighted by Gasteiger charge is 2.56. The molecule has 0 unspecified atom stereocenters. The van der Waals surface area contributed by atoms with Gasteiger partial charge in [0.15, 0.2) is 0 Å². The van der Waals surface area contributed by atoms with Gasteiger partial charge in [-0.1, -0.05) is 6.07 Å². The molecule has 0 atom stereocenters. The standard InChI is InChI=1S/C20H24F2NO10PS/c1-11(2)32-18(25)28-9-30-34(27,31-10-29-19(26)33-12(3)4)20(21,22)14-5-6-15-13(7-14)8-16(35-15)17(23)24/h5-8,11-12H,9-10H2,1-4H3,(H2,23,24). The second-order valence-corrected chi connectivity index (χ2v) is 10.5. The molecule has 0 radical (unpaired) electrons. The maximum absolute atomic E-state index is 15.4. The fourth-order valence-electron chi connectivity index (χ4n) is 2.45. The number of alkyl halides is 2. The third kappa shape index (κ3) is 7.59. The summed E-state index contributed by atoms with van der Waals surface area (Å²) in [5, 5.41) is 0.223. The first-order valence-corrected chi connectivity index (χ1v) is 12.4. The number of halogens is 2. The summed E-state index contributed by atoms with van der Waals surface area (Å²) < 4.78 is 72.2. The molecule has 0 saturated carbocycles. The van der Waals surface area contributed by atoms with E-state index in [0.717, 1.165) is 23.5 Å². The number of hydrogen-bond donors (Lipinski definition) is 1. The van der Waals surface area contributed by atoms with Crippen LogP contribution in [0.4, 0.5) is 18.4 Å². The minimum absolute atomic E-state index is 0.130. The minimum atomic E-state index is -5.50. The van der Waals surface area contributed by atoms with Gasteiger partial charge in [-0.2, -0.15) is 8.78 Å². The number of primary amides is 1. The van der Waals surface area contributed by atoms with Crippen LogP contribution in [0.1, 0.15) is 42.9 Å². The van der Waals surface area contributed by atoms with Gasteiger partial charge in [0.25, 0.3) is 5.91 Å². The van der Waals surface area contributed by atoms with E-state index in [1.807, 2.05) is 0 Å². The van der Waals surface area contributed by atoms with Gasteiger partial charge < -0.3 is 24.7 Å². The molecule has 2 rings (SSSR count). The summed E-state index contributed by atoms with van der Waals surface area (Å²) in [4.78, 5) is 34.5. The maximum atomic E-state index is 15.4. The normalized spacial score (nSPS) is 12.1. The number of nitrogens with two attached hydrogens (primary N) is 1. The molecule has 194 valence electrons. The Morgan fingerprint density at radius 3 is 1.94 bits per heavy atom. The molecule has 2 aromatic rings. The first-order chi connectivity index (χ1) is 16.2. The van der Waals surface area contributed by atoms with Crippen molar-refractivity contribution in [3.05, 3.63) is 34.7 Å². The molecule has 1 heterocycles. The smallest absolute Gasteiger partial charge is 0.432 e. The molecule has 0 aliphatic carbocycles. The van der Waals surface area contributed by atoms with E-state index in [2.05, 4.69) is 28.0 Å². The number of thiophene rings is 1. The zero-order valence-corrected chi connectivity index (χ0v) is 20.9. The quantitative estimate of drug-likeness (QED) is 0.226. The van der Waals surface area contributed by atoms with Crippen LogP contribution in [0.5, 0.6) is 0 Å². The van der Waals surface area contributed by atoms with E-state index in [4.69, 9.17) is 5.73 Å². The summed E-state index contributed by atoms with van der Waals surface area (Å²) >= 11 is 0.982. The average molecular weight is 539 g/mol. The third-order valence-electron chi connectivity index (χ3n) is 3.91. The molecular formula is C20H24F2NO10PS. The van der Waals surface area contributed by atoms with E-state index < -0.39 is 62.8 Å². The van der Waals surface area contributed by atoms with Gasteiger partial charge in [-0.25, -0.2) is 9.59 Å². The van der Waals surface area contributed by atoms with Crippen molar-refractivity contribution in [1.29, 1.82) is 0 Å². The summed E-state index contributed by atoms with van der Waals surface area (Å²) in [5.41, 5.74) is 0.103. The van der Waals surface area contributed by atoms with Crippen molar-refractivity contribution < 1.29 is 55.7 Å². The summed E-state index contributed by atoms with van der Waals surface area (Å²) in [7, 11) is -5.50. The monoisotopic (exact) mass is 539 g/mol. The molecule has 0 aliphatic heterocycles. The maximum Gasteiger partial charge on any atom is 0.510 e. The molecule has 0 fully saturated rings. The number of carbonyl (C=O) groups excluding carboxylic acids is 3. The van der Waals surface area contributed by atoms with Crippen LogP contribution in [-0.2, 0) is 38.2 Å². The van der Waals surface area contributed by atoms with Gasteiger partial charge in [0.05, 0.1) is 17.1 Å². The van der Waals surface area contributed by atoms with Crippen LogP contribution in [0.15, 0.2) is 24.3 Å². The number of ether oxygens (including phenoxy) is 4. The predicted molar refractivity (Wildman–Crippen MR) is 119 cm³/mol. The van der Waals surface area contributed by atoms with Crippen molar-refractivity contribution in [2.75, 3.05) is 13.6 Å². The van der Waals surface area contributed by atoms with Crippen molar-refractivity contribution in [2.24, 2.45) is 5.73 Å². The van der Waals surface area contributed by atoms with E-state index in [9.17, 15) is 18.9 Å². The molecule has 2 N–H and O–H groups in total. The van der Waals surface area contributed by atoms with Crippen LogP contribution < -0.4 is 5.73 Å². The van der Waals surface area contributed by atoms with E-state index in [-0.39, 0.29) is 10.3 Å². The largest absolute Gasteiger partial charge is 0.510 e. The van der Waals surface area contributed by atoms with Crippen molar-refractivity contribution in [3.8, 4) is 0 Å². The highest BCUT2D eigenvalue weighted by atomic mass is 32.1. The highest BCUT2D eigenvalue weighted by molar-refractivity contribution is 7.54. The molecular weight excluding hydrogens is 515 g/mol. The fourth-order valence-corrected chi connectivity index (χ4v) is 4.58. The van der Waals surface area contributed by atoms with Crippen LogP contribution in [0.2, 0.25) is 0 Å². The van der Waals surface area contributed by atoms with Crippen LogP contribution in [0, 0.1) is 0 Å². The number of rotatable bonds is 11. The summed E-state index contributed by atoms with van der Waals surface area (Å²) in [5.74, 6) is -0.743. The topological polar surface area (TPSA) is 150 Å². The van der Waals surface area contributed by atoms with Gasteiger partial charge in [-0.15, -0.1) is 11.3 Å². The molecule has 1 aromatic carbocycles. The van der Waals surface area contributed by atoms with Gasteiger partial charge >= 0.3 is 25.6 Å². The van der Waals surface area contributed by atoms with Crippen molar-refractivity contribution in [3.63, 3.8) is 0 Å². The first-order valence-electron chi connectivity index (χ1n) is 10.0. The Hall–Kier alpha value is -2.80. The predicted octanol–water partition coefficient (Wildman–Crippen LogP) is 5.31. The molecule has 35 heavy (non-hydrogen) atoms. The Balaban J connectivity index is 2.28. The van der Waals surface area contributed by atoms with Crippen molar-refractivity contribution >= 4 is 47.2 Å². The second-order valence-electron chi connectivity index (χ2n) is 7.38. The van der Waals surface area contributed by atoms with E-state index in [1.165, 1.54) is 39.8 Å². The Labute approximate surface area is 202 Å². The lowest BCUT2D eigenvalue weighted by atomic mass is 10.1. The molecule has 0 spiro atoms. The Morgan fingerprint density at radius 1 is 0.971 bits per heavy atom. The first kappa shape index (κ1) is 28.4. The van der Waals surface area contributed by atoms with Crippen LogP contribution >= 0.6 is 18.9 Å². The Bertz CT molecular complexity index is 1090. The lowest BCUT2D eigenvalue weighted by molar-refractivity contribution is -0.0527. The van der Waals surface area contributed by atoms with Gasteiger partial charge in [0.2, 0.25) is 13.6 Å². The number of amides is 1. The molecule has 0 aliphatic rings. The summed E-state index contributed by atoms with van der Waals surface area (Å²) in [6.45, 7) is 3.62. The van der Waals surface area contributed by atoms with E-state index in [1.54, 1.807) is 0 Å². The Morgan fingerprint density at radius 2 is 1.49 bits per heavy atom. The number of hydrogen-bond acceptors (Lipinski definition) is 11. The number of fused-ring (bicyclic) bond motifs is 1. The van der Waals surface area contributed by atoms with Gasteiger partial charge in [-0.05, 0) is 51.3 Å². The second kappa shape index (κ2) is 11.8. The summed E-state index contributed by atoms with van der Waals surface area (Å²) in [6, 6.07) is 4.49. The molecule has 11 nitrogen and oxygen atoms in total. The van der Waals surface area contributed by atoms with Gasteiger partial charge in [0.1, 0.15) is 0 Å². The van der Waals surface area contributed by atoms with Crippen molar-refractivity contribution in [2.45, 2.75) is 45.6 Å². The summed E-state index contributed by atoms with van der Waals surface area (Å²) in [6.07, 6.45) is -3.67. The zero-order chi connectivity index (χ0) is 26.4. The third-order valence-corrected chi connectivity index (χ3v) is 6.88. The van der Waals surface area contributed by atoms with Crippen molar-refractivity contribution in [1.82, 2.24) is 0 Å². The molecule has 15 heteroatoms. The number of benzene rings is 1. The lowest BCUT2D eigenvalue weighted by Gasteiger charge is -2.26. The SMILES string of the molecule is CC(C)OC(=O)OCOP(=O)(OCOC(=O)OC(C)C)C(F)(F)c1ccc2sc(C(N)=O)cc2c1. The highest BCUT2D eigenvalue weighted by Crippen LogP contribution is 2.67. The van der Waals surface area contributed by atoms with Crippen LogP contribution in [-0.4, -0.2) is 44.0 Å². The lowest BCUT2D eigenvalue weighted by Crippen LogP contribution is -2.22.